The molecule has 1 atom stereocenters. The van der Waals surface area contributed by atoms with Gasteiger partial charge in [0.25, 0.3) is 5.91 Å². The summed E-state index contributed by atoms with van der Waals surface area (Å²) in [5.74, 6) is -0.662. The number of nitrogens with one attached hydrogen (secondary N) is 2. The molecule has 0 aromatic rings. The molecule has 1 unspecified atom stereocenters. The van der Waals surface area contributed by atoms with E-state index in [2.05, 4.69) is 10.2 Å². The van der Waals surface area contributed by atoms with E-state index < -0.39 is 18.0 Å². The lowest BCUT2D eigenvalue weighted by atomic mass is 10.1. The van der Waals surface area contributed by atoms with Crippen LogP contribution < -0.4 is 10.8 Å². The topological polar surface area (TPSA) is 102 Å². The van der Waals surface area contributed by atoms with Crippen molar-refractivity contribution >= 4 is 24.6 Å². The fourth-order valence-corrected chi connectivity index (χ4v) is 0.868. The SMILES string of the molecule is CC(C)C(C=O)NC(=O)ONC(=O)CCC=O. The van der Waals surface area contributed by atoms with Gasteiger partial charge in [0.05, 0.1) is 6.04 Å². The number of hydrogen-bond acceptors (Lipinski definition) is 5. The third kappa shape index (κ3) is 7.04. The molecule has 0 rings (SSSR count). The fourth-order valence-electron chi connectivity index (χ4n) is 0.868. The van der Waals surface area contributed by atoms with Crippen LogP contribution in [0.25, 0.3) is 0 Å². The molecule has 0 radical (unpaired) electrons. The van der Waals surface area contributed by atoms with Crippen molar-refractivity contribution in [3.8, 4) is 0 Å². The average Bonchev–Trinajstić information content (AvgIpc) is 2.30. The molecular formula is C10H16N2O5. The van der Waals surface area contributed by atoms with Gasteiger partial charge < -0.3 is 19.7 Å². The lowest BCUT2D eigenvalue weighted by Crippen LogP contribution is -2.42. The van der Waals surface area contributed by atoms with Gasteiger partial charge >= 0.3 is 6.09 Å². The quantitative estimate of drug-likeness (QED) is 0.503. The van der Waals surface area contributed by atoms with E-state index in [0.29, 0.717) is 12.6 Å². The fraction of sp³-hybridized carbons (Fsp3) is 0.600. The summed E-state index contributed by atoms with van der Waals surface area (Å²) in [6, 6.07) is -0.672. The van der Waals surface area contributed by atoms with Gasteiger partial charge in [0.15, 0.2) is 0 Å². The minimum atomic E-state index is -0.921. The molecule has 96 valence electrons. The number of amides is 2. The van der Waals surface area contributed by atoms with Gasteiger partial charge in [0.1, 0.15) is 12.6 Å². The zero-order valence-corrected chi connectivity index (χ0v) is 9.76. The summed E-state index contributed by atoms with van der Waals surface area (Å²) >= 11 is 0. The van der Waals surface area contributed by atoms with Crippen molar-refractivity contribution < 1.29 is 24.0 Å². The number of rotatable bonds is 6. The van der Waals surface area contributed by atoms with Gasteiger partial charge in [-0.15, -0.1) is 0 Å². The van der Waals surface area contributed by atoms with Crippen molar-refractivity contribution in [1.82, 2.24) is 10.8 Å². The number of hydroxylamine groups is 1. The summed E-state index contributed by atoms with van der Waals surface area (Å²) < 4.78 is 0. The van der Waals surface area contributed by atoms with Crippen LogP contribution in [0.4, 0.5) is 4.79 Å². The van der Waals surface area contributed by atoms with Crippen molar-refractivity contribution in [3.05, 3.63) is 0 Å². The molecule has 0 bridgehead atoms. The summed E-state index contributed by atoms with van der Waals surface area (Å²) in [5.41, 5.74) is 1.86. The maximum atomic E-state index is 11.1. The Kier molecular flexibility index (Phi) is 7.32. The number of carbonyl (C=O) groups is 4. The second-order valence-corrected chi connectivity index (χ2v) is 3.67. The summed E-state index contributed by atoms with van der Waals surface area (Å²) in [6.07, 6.45) is 0.244. The predicted octanol–water partition coefficient (Wildman–Crippen LogP) is -0.0536. The van der Waals surface area contributed by atoms with E-state index in [4.69, 9.17) is 0 Å². The number of carbonyl (C=O) groups excluding carboxylic acids is 4. The maximum Gasteiger partial charge on any atom is 0.432 e. The predicted molar refractivity (Wildman–Crippen MR) is 57.7 cm³/mol. The molecule has 0 aliphatic carbocycles. The summed E-state index contributed by atoms with van der Waals surface area (Å²) in [6.45, 7) is 3.50. The molecule has 2 N–H and O–H groups in total. The van der Waals surface area contributed by atoms with Crippen LogP contribution in [-0.4, -0.2) is 30.6 Å². The van der Waals surface area contributed by atoms with Gasteiger partial charge in [0.2, 0.25) is 0 Å². The minimum absolute atomic E-state index is 0.0553. The van der Waals surface area contributed by atoms with Crippen LogP contribution in [0.1, 0.15) is 26.7 Å². The molecule has 7 nitrogen and oxygen atoms in total. The summed E-state index contributed by atoms with van der Waals surface area (Å²) in [5, 5.41) is 2.26. The van der Waals surface area contributed by atoms with Crippen molar-refractivity contribution in [3.63, 3.8) is 0 Å². The smallest absolute Gasteiger partial charge is 0.322 e. The second-order valence-electron chi connectivity index (χ2n) is 3.67. The van der Waals surface area contributed by atoms with Gasteiger partial charge in [-0.2, -0.15) is 5.48 Å². The van der Waals surface area contributed by atoms with Crippen LogP contribution in [0.15, 0.2) is 0 Å². The Balaban J connectivity index is 3.89. The van der Waals surface area contributed by atoms with E-state index in [1.807, 2.05) is 5.48 Å². The first-order valence-electron chi connectivity index (χ1n) is 5.16. The number of hydrogen-bond donors (Lipinski definition) is 2. The third-order valence-electron chi connectivity index (χ3n) is 1.90. The molecule has 7 heteroatoms. The van der Waals surface area contributed by atoms with Crippen LogP contribution in [0.2, 0.25) is 0 Å². The zero-order valence-electron chi connectivity index (χ0n) is 9.76. The molecule has 0 heterocycles. The van der Waals surface area contributed by atoms with Crippen LogP contribution in [-0.2, 0) is 19.2 Å². The summed E-state index contributed by atoms with van der Waals surface area (Å²) in [7, 11) is 0. The Bertz CT molecular complexity index is 290. The molecule has 0 saturated carbocycles. The Morgan fingerprint density at radius 2 is 1.94 bits per heavy atom. The van der Waals surface area contributed by atoms with Crippen LogP contribution in [0.3, 0.4) is 0 Å². The molecule has 17 heavy (non-hydrogen) atoms. The zero-order chi connectivity index (χ0) is 13.3. The monoisotopic (exact) mass is 244 g/mol. The van der Waals surface area contributed by atoms with E-state index in [9.17, 15) is 19.2 Å². The average molecular weight is 244 g/mol. The first kappa shape index (κ1) is 15.1. The molecular weight excluding hydrogens is 228 g/mol. The van der Waals surface area contributed by atoms with E-state index in [-0.39, 0.29) is 18.8 Å². The molecule has 0 aliphatic rings. The van der Waals surface area contributed by atoms with Crippen molar-refractivity contribution in [2.24, 2.45) is 5.92 Å². The molecule has 0 saturated heterocycles. The van der Waals surface area contributed by atoms with Crippen LogP contribution in [0, 0.1) is 5.92 Å². The first-order valence-corrected chi connectivity index (χ1v) is 5.16. The molecule has 0 aromatic carbocycles. The highest BCUT2D eigenvalue weighted by Gasteiger charge is 2.16. The Morgan fingerprint density at radius 3 is 2.41 bits per heavy atom. The Morgan fingerprint density at radius 1 is 1.29 bits per heavy atom. The van der Waals surface area contributed by atoms with Crippen LogP contribution >= 0.6 is 0 Å². The van der Waals surface area contributed by atoms with Crippen molar-refractivity contribution in [2.75, 3.05) is 0 Å². The van der Waals surface area contributed by atoms with E-state index in [1.165, 1.54) is 0 Å². The lowest BCUT2D eigenvalue weighted by molar-refractivity contribution is -0.130. The van der Waals surface area contributed by atoms with Gasteiger partial charge in [-0.3, -0.25) is 4.79 Å². The standard InChI is InChI=1S/C10H16N2O5/c1-7(2)8(6-14)11-10(16)17-12-9(15)4-3-5-13/h5-8H,3-4H2,1-2H3,(H,11,16)(H,12,15). The number of aldehydes is 2. The highest BCUT2D eigenvalue weighted by molar-refractivity contribution is 5.79. The Labute approximate surface area is 98.8 Å². The lowest BCUT2D eigenvalue weighted by Gasteiger charge is -2.15. The third-order valence-corrected chi connectivity index (χ3v) is 1.90. The first-order chi connectivity index (χ1) is 8.01. The van der Waals surface area contributed by atoms with E-state index >= 15 is 0 Å². The molecule has 0 fully saturated rings. The highest BCUT2D eigenvalue weighted by atomic mass is 16.7. The van der Waals surface area contributed by atoms with Gasteiger partial charge in [-0.05, 0) is 5.92 Å². The highest BCUT2D eigenvalue weighted by Crippen LogP contribution is 1.98. The van der Waals surface area contributed by atoms with Gasteiger partial charge in [-0.25, -0.2) is 4.79 Å². The largest absolute Gasteiger partial charge is 0.432 e. The molecule has 0 spiro atoms. The van der Waals surface area contributed by atoms with Crippen LogP contribution in [0.5, 0.6) is 0 Å². The van der Waals surface area contributed by atoms with Gasteiger partial charge in [-0.1, -0.05) is 13.8 Å². The Hall–Kier alpha value is -1.92. The molecule has 2 amide bonds. The van der Waals surface area contributed by atoms with Crippen molar-refractivity contribution in [2.45, 2.75) is 32.7 Å². The van der Waals surface area contributed by atoms with E-state index in [0.717, 1.165) is 0 Å². The molecule has 0 aliphatic heterocycles. The molecule has 0 aromatic heterocycles. The maximum absolute atomic E-state index is 11.1. The van der Waals surface area contributed by atoms with E-state index in [1.54, 1.807) is 13.8 Å². The second kappa shape index (κ2) is 8.26. The normalized spacial score (nSPS) is 11.5. The van der Waals surface area contributed by atoms with Crippen molar-refractivity contribution in [1.29, 1.82) is 0 Å². The summed E-state index contributed by atoms with van der Waals surface area (Å²) in [4.78, 5) is 47.0. The minimum Gasteiger partial charge on any atom is -0.322 e. The van der Waals surface area contributed by atoms with Gasteiger partial charge in [0, 0.05) is 12.8 Å².